The van der Waals surface area contributed by atoms with Crippen LogP contribution in [0.1, 0.15) is 39.9 Å². The molecule has 0 aromatic carbocycles. The molecule has 0 fully saturated rings. The van der Waals surface area contributed by atoms with Gasteiger partial charge in [-0.25, -0.2) is 4.79 Å². The standard InChI is InChI=1S/C17H15N3O6S/c1-9-2-3-10-11(7-18)16(27-13(10)6-9)19-14(21)8-25-17(22)12-4-5-15(26-12)20(23)24/h4-5,9H,2-3,6,8H2,1H3,(H,19,21)/t9-/m1/s1. The van der Waals surface area contributed by atoms with E-state index in [2.05, 4.69) is 18.3 Å². The van der Waals surface area contributed by atoms with Crippen LogP contribution in [-0.4, -0.2) is 23.4 Å². The number of furan rings is 1. The van der Waals surface area contributed by atoms with Crippen molar-refractivity contribution in [1.82, 2.24) is 0 Å². The number of fused-ring (bicyclic) bond motifs is 1. The third-order valence-electron chi connectivity index (χ3n) is 4.18. The fourth-order valence-electron chi connectivity index (χ4n) is 2.86. The molecule has 1 N–H and O–H groups in total. The van der Waals surface area contributed by atoms with Crippen LogP contribution in [0.5, 0.6) is 0 Å². The molecule has 0 saturated heterocycles. The zero-order valence-corrected chi connectivity index (χ0v) is 15.1. The highest BCUT2D eigenvalue weighted by Gasteiger charge is 2.25. The quantitative estimate of drug-likeness (QED) is 0.471. The number of ether oxygens (including phenoxy) is 1. The van der Waals surface area contributed by atoms with E-state index < -0.39 is 29.3 Å². The van der Waals surface area contributed by atoms with Gasteiger partial charge in [-0.2, -0.15) is 5.26 Å². The van der Waals surface area contributed by atoms with Crippen molar-refractivity contribution in [2.45, 2.75) is 26.2 Å². The first-order valence-corrected chi connectivity index (χ1v) is 8.96. The van der Waals surface area contributed by atoms with Crippen LogP contribution < -0.4 is 5.32 Å². The van der Waals surface area contributed by atoms with Crippen molar-refractivity contribution in [2.75, 3.05) is 11.9 Å². The Bertz CT molecular complexity index is 955. The van der Waals surface area contributed by atoms with Crippen LogP contribution in [0.3, 0.4) is 0 Å². The lowest BCUT2D eigenvalue weighted by Gasteiger charge is -2.17. The smallest absolute Gasteiger partial charge is 0.433 e. The van der Waals surface area contributed by atoms with Gasteiger partial charge >= 0.3 is 11.9 Å². The number of nitro groups is 1. The maximum Gasteiger partial charge on any atom is 0.433 e. The Kier molecular flexibility index (Phi) is 5.23. The Labute approximate surface area is 157 Å². The molecule has 0 bridgehead atoms. The van der Waals surface area contributed by atoms with E-state index in [9.17, 15) is 25.0 Å². The van der Waals surface area contributed by atoms with Gasteiger partial charge in [0.25, 0.3) is 5.91 Å². The van der Waals surface area contributed by atoms with E-state index in [-0.39, 0.29) is 5.76 Å². The number of nitrogens with one attached hydrogen (secondary N) is 1. The van der Waals surface area contributed by atoms with Gasteiger partial charge < -0.3 is 14.5 Å². The molecule has 0 saturated carbocycles. The number of nitrogens with zero attached hydrogens (tertiary/aromatic N) is 2. The lowest BCUT2D eigenvalue weighted by atomic mass is 9.89. The highest BCUT2D eigenvalue weighted by atomic mass is 32.1. The molecule has 3 rings (SSSR count). The summed E-state index contributed by atoms with van der Waals surface area (Å²) in [5, 5.41) is 23.0. The molecule has 0 aliphatic heterocycles. The summed E-state index contributed by atoms with van der Waals surface area (Å²) in [7, 11) is 0. The van der Waals surface area contributed by atoms with E-state index in [0.717, 1.165) is 41.8 Å². The summed E-state index contributed by atoms with van der Waals surface area (Å²) in [5.41, 5.74) is 1.44. The summed E-state index contributed by atoms with van der Waals surface area (Å²) in [5.74, 6) is -2.02. The molecule has 10 heteroatoms. The predicted octanol–water partition coefficient (Wildman–Crippen LogP) is 3.04. The zero-order valence-electron chi connectivity index (χ0n) is 14.3. The summed E-state index contributed by atoms with van der Waals surface area (Å²) >= 11 is 1.37. The number of amides is 1. The Morgan fingerprint density at radius 1 is 1.52 bits per heavy atom. The summed E-state index contributed by atoms with van der Waals surface area (Å²) in [6.07, 6.45) is 2.67. The van der Waals surface area contributed by atoms with Crippen LogP contribution in [0.2, 0.25) is 0 Å². The highest BCUT2D eigenvalue weighted by molar-refractivity contribution is 7.16. The molecule has 1 amide bonds. The van der Waals surface area contributed by atoms with Crippen molar-refractivity contribution in [3.05, 3.63) is 44.0 Å². The van der Waals surface area contributed by atoms with Gasteiger partial charge in [-0.1, -0.05) is 6.92 Å². The minimum Gasteiger partial charge on any atom is -0.450 e. The molecule has 9 nitrogen and oxygen atoms in total. The van der Waals surface area contributed by atoms with Crippen LogP contribution in [0.15, 0.2) is 16.5 Å². The van der Waals surface area contributed by atoms with E-state index in [1.165, 1.54) is 11.3 Å². The molecule has 1 aliphatic rings. The van der Waals surface area contributed by atoms with Gasteiger partial charge in [0.15, 0.2) is 6.61 Å². The van der Waals surface area contributed by atoms with Gasteiger partial charge in [0.1, 0.15) is 16.0 Å². The van der Waals surface area contributed by atoms with Gasteiger partial charge in [-0.15, -0.1) is 11.3 Å². The Morgan fingerprint density at radius 2 is 2.30 bits per heavy atom. The molecule has 0 radical (unpaired) electrons. The molecule has 140 valence electrons. The fourth-order valence-corrected chi connectivity index (χ4v) is 4.23. The first kappa shape index (κ1) is 18.6. The normalized spacial score (nSPS) is 15.5. The second-order valence-electron chi connectivity index (χ2n) is 6.19. The molecular weight excluding hydrogens is 374 g/mol. The van der Waals surface area contributed by atoms with Crippen LogP contribution in [-0.2, 0) is 22.4 Å². The monoisotopic (exact) mass is 389 g/mol. The van der Waals surface area contributed by atoms with Crippen molar-refractivity contribution >= 4 is 34.1 Å². The number of hydrogen-bond acceptors (Lipinski definition) is 8. The largest absolute Gasteiger partial charge is 0.450 e. The number of carbonyl (C=O) groups excluding carboxylic acids is 2. The third-order valence-corrected chi connectivity index (χ3v) is 5.35. The first-order chi connectivity index (χ1) is 12.9. The van der Waals surface area contributed by atoms with Crippen molar-refractivity contribution in [3.8, 4) is 6.07 Å². The number of rotatable bonds is 5. The van der Waals surface area contributed by atoms with Crippen LogP contribution in [0.4, 0.5) is 10.9 Å². The highest BCUT2D eigenvalue weighted by Crippen LogP contribution is 2.39. The van der Waals surface area contributed by atoms with Crippen molar-refractivity contribution in [1.29, 1.82) is 5.26 Å². The summed E-state index contributed by atoms with van der Waals surface area (Å²) in [6.45, 7) is 1.54. The minimum absolute atomic E-state index is 0.368. The number of carbonyl (C=O) groups is 2. The van der Waals surface area contributed by atoms with E-state index >= 15 is 0 Å². The van der Waals surface area contributed by atoms with Crippen LogP contribution >= 0.6 is 11.3 Å². The number of hydrogen-bond donors (Lipinski definition) is 1. The molecule has 2 heterocycles. The predicted molar refractivity (Wildman–Crippen MR) is 94.5 cm³/mol. The van der Waals surface area contributed by atoms with E-state index in [0.29, 0.717) is 16.5 Å². The minimum atomic E-state index is -0.988. The third kappa shape index (κ3) is 3.98. The van der Waals surface area contributed by atoms with Gasteiger partial charge in [0.05, 0.1) is 11.6 Å². The number of anilines is 1. The topological polar surface area (TPSA) is 135 Å². The van der Waals surface area contributed by atoms with Gasteiger partial charge in [-0.3, -0.25) is 14.9 Å². The number of nitriles is 1. The molecule has 2 aromatic rings. The Morgan fingerprint density at radius 3 is 2.96 bits per heavy atom. The zero-order chi connectivity index (χ0) is 19.6. The maximum atomic E-state index is 12.1. The summed E-state index contributed by atoms with van der Waals surface area (Å²) in [4.78, 5) is 34.7. The van der Waals surface area contributed by atoms with E-state index in [1.54, 1.807) is 0 Å². The lowest BCUT2D eigenvalue weighted by molar-refractivity contribution is -0.402. The molecule has 2 aromatic heterocycles. The Hall–Kier alpha value is -3.19. The second kappa shape index (κ2) is 7.59. The summed E-state index contributed by atoms with van der Waals surface area (Å²) in [6, 6.07) is 4.26. The molecule has 27 heavy (non-hydrogen) atoms. The SMILES string of the molecule is C[C@@H]1CCc2c(sc(NC(=O)COC(=O)c3ccc([N+](=O)[O-])o3)c2C#N)C1. The van der Waals surface area contributed by atoms with Gasteiger partial charge in [-0.05, 0) is 36.8 Å². The van der Waals surface area contributed by atoms with Gasteiger partial charge in [0.2, 0.25) is 5.76 Å². The Balaban J connectivity index is 1.62. The van der Waals surface area contributed by atoms with Crippen molar-refractivity contribution in [3.63, 3.8) is 0 Å². The molecule has 1 aliphatic carbocycles. The maximum absolute atomic E-state index is 12.1. The molecule has 0 spiro atoms. The molecular formula is C17H15N3O6S. The van der Waals surface area contributed by atoms with Crippen molar-refractivity contribution < 1.29 is 23.7 Å². The number of thiophene rings is 1. The van der Waals surface area contributed by atoms with Crippen LogP contribution in [0, 0.1) is 27.4 Å². The average Bonchev–Trinajstić information content (AvgIpc) is 3.23. The molecule has 0 unspecified atom stereocenters. The molecule has 1 atom stereocenters. The second-order valence-corrected chi connectivity index (χ2v) is 7.29. The average molecular weight is 389 g/mol. The number of esters is 1. The summed E-state index contributed by atoms with van der Waals surface area (Å²) < 4.78 is 9.51. The fraction of sp³-hybridized carbons (Fsp3) is 0.353. The lowest BCUT2D eigenvalue weighted by Crippen LogP contribution is -2.20. The van der Waals surface area contributed by atoms with Gasteiger partial charge in [0, 0.05) is 4.88 Å². The van der Waals surface area contributed by atoms with E-state index in [4.69, 9.17) is 9.15 Å². The van der Waals surface area contributed by atoms with E-state index in [1.807, 2.05) is 0 Å². The first-order valence-electron chi connectivity index (χ1n) is 8.15. The van der Waals surface area contributed by atoms with Crippen molar-refractivity contribution in [2.24, 2.45) is 5.92 Å². The van der Waals surface area contributed by atoms with Crippen LogP contribution in [0.25, 0.3) is 0 Å².